The minimum Gasteiger partial charge on any atom is -0.340 e. The number of sulfonamides is 1. The molecule has 1 aromatic rings. The van der Waals surface area contributed by atoms with Gasteiger partial charge in [-0.2, -0.15) is 4.31 Å². The topological polar surface area (TPSA) is 81.2 Å². The van der Waals surface area contributed by atoms with Gasteiger partial charge in [-0.1, -0.05) is 6.92 Å². The van der Waals surface area contributed by atoms with Crippen LogP contribution in [0.5, 0.6) is 0 Å². The van der Waals surface area contributed by atoms with Gasteiger partial charge in [-0.3, -0.25) is 14.5 Å². The summed E-state index contributed by atoms with van der Waals surface area (Å²) in [5, 5.41) is 0. The quantitative estimate of drug-likeness (QED) is 0.649. The summed E-state index contributed by atoms with van der Waals surface area (Å²) in [7, 11) is -3.70. The van der Waals surface area contributed by atoms with E-state index < -0.39 is 10.0 Å². The van der Waals surface area contributed by atoms with Gasteiger partial charge in [-0.15, -0.1) is 0 Å². The second-order valence-corrected chi connectivity index (χ2v) is 11.4. The molecule has 9 heteroatoms. The van der Waals surface area contributed by atoms with Gasteiger partial charge in [0.1, 0.15) is 0 Å². The maximum atomic E-state index is 13.5. The van der Waals surface area contributed by atoms with E-state index in [9.17, 15) is 18.0 Å². The van der Waals surface area contributed by atoms with Crippen LogP contribution in [0.15, 0.2) is 23.1 Å². The van der Waals surface area contributed by atoms with Crippen LogP contribution >= 0.6 is 0 Å². The summed E-state index contributed by atoms with van der Waals surface area (Å²) in [6.07, 6.45) is 4.11. The third-order valence-electron chi connectivity index (χ3n) is 7.14. The number of carbonyl (C=O) groups excluding carboxylic acids is 2. The fourth-order valence-corrected chi connectivity index (χ4v) is 6.91. The SMILES string of the molecule is CCCN1CCN(C(=O)[C@@H]2CCCN(S(=O)(=O)c3ccc4c(c3)CCCN4C(C)=O)C2)CC1. The molecule has 2 fully saturated rings. The number of hydrogen-bond donors (Lipinski definition) is 0. The lowest BCUT2D eigenvalue weighted by Gasteiger charge is -2.38. The van der Waals surface area contributed by atoms with Crippen molar-refractivity contribution in [2.45, 2.75) is 50.8 Å². The lowest BCUT2D eigenvalue weighted by atomic mass is 9.97. The molecule has 1 aromatic carbocycles. The molecule has 0 bridgehead atoms. The van der Waals surface area contributed by atoms with Gasteiger partial charge in [-0.25, -0.2) is 8.42 Å². The Hall–Kier alpha value is -1.97. The molecular weight excluding hydrogens is 440 g/mol. The second-order valence-electron chi connectivity index (χ2n) is 9.43. The first-order valence-corrected chi connectivity index (χ1v) is 13.7. The Labute approximate surface area is 197 Å². The molecule has 0 saturated carbocycles. The maximum absolute atomic E-state index is 13.5. The van der Waals surface area contributed by atoms with Gasteiger partial charge in [-0.05, 0) is 62.4 Å². The highest BCUT2D eigenvalue weighted by molar-refractivity contribution is 7.89. The first-order valence-electron chi connectivity index (χ1n) is 12.2. The number of piperidine rings is 1. The predicted octanol–water partition coefficient (Wildman–Crippen LogP) is 1.94. The minimum absolute atomic E-state index is 0.0283. The largest absolute Gasteiger partial charge is 0.340 e. The van der Waals surface area contributed by atoms with E-state index in [0.29, 0.717) is 19.5 Å². The van der Waals surface area contributed by atoms with Gasteiger partial charge >= 0.3 is 0 Å². The van der Waals surface area contributed by atoms with Crippen LogP contribution in [0.3, 0.4) is 0 Å². The number of hydrogen-bond acceptors (Lipinski definition) is 5. The summed E-state index contributed by atoms with van der Waals surface area (Å²) in [6.45, 7) is 9.32. The normalized spacial score (nSPS) is 22.8. The first kappa shape index (κ1) is 24.2. The van der Waals surface area contributed by atoms with E-state index in [2.05, 4.69) is 11.8 Å². The summed E-state index contributed by atoms with van der Waals surface area (Å²) in [4.78, 5) is 31.4. The predicted molar refractivity (Wildman–Crippen MR) is 128 cm³/mol. The highest BCUT2D eigenvalue weighted by atomic mass is 32.2. The molecule has 3 aliphatic heterocycles. The summed E-state index contributed by atoms with van der Waals surface area (Å²) >= 11 is 0. The smallest absolute Gasteiger partial charge is 0.243 e. The molecule has 2 saturated heterocycles. The molecule has 182 valence electrons. The zero-order valence-corrected chi connectivity index (χ0v) is 20.6. The molecule has 0 radical (unpaired) electrons. The van der Waals surface area contributed by atoms with Gasteiger partial charge in [0.15, 0.2) is 0 Å². The molecule has 3 aliphatic rings. The Balaban J connectivity index is 1.45. The van der Waals surface area contributed by atoms with E-state index in [1.54, 1.807) is 23.1 Å². The number of amides is 2. The Morgan fingerprint density at radius 1 is 1.03 bits per heavy atom. The van der Waals surface area contributed by atoms with Crippen LogP contribution < -0.4 is 4.90 Å². The van der Waals surface area contributed by atoms with Crippen molar-refractivity contribution in [1.29, 1.82) is 0 Å². The zero-order chi connectivity index (χ0) is 23.6. The van der Waals surface area contributed by atoms with Crippen LogP contribution in [0.25, 0.3) is 0 Å². The summed E-state index contributed by atoms with van der Waals surface area (Å²) in [6, 6.07) is 5.08. The van der Waals surface area contributed by atoms with Gasteiger partial charge in [0.25, 0.3) is 0 Å². The maximum Gasteiger partial charge on any atom is 0.243 e. The highest BCUT2D eigenvalue weighted by Gasteiger charge is 2.36. The first-order chi connectivity index (χ1) is 15.8. The number of anilines is 1. The summed E-state index contributed by atoms with van der Waals surface area (Å²) in [5.74, 6) is -0.217. The number of rotatable bonds is 5. The Kier molecular flexibility index (Phi) is 7.40. The van der Waals surface area contributed by atoms with E-state index in [-0.39, 0.29) is 29.2 Å². The Morgan fingerprint density at radius 3 is 2.48 bits per heavy atom. The van der Waals surface area contributed by atoms with Crippen LogP contribution in [0, 0.1) is 5.92 Å². The molecule has 3 heterocycles. The molecule has 8 nitrogen and oxygen atoms in total. The highest BCUT2D eigenvalue weighted by Crippen LogP contribution is 2.32. The third kappa shape index (κ3) is 5.10. The van der Waals surface area contributed by atoms with E-state index in [1.807, 2.05) is 4.90 Å². The molecule has 1 atom stereocenters. The minimum atomic E-state index is -3.70. The molecule has 2 amide bonds. The van der Waals surface area contributed by atoms with E-state index in [1.165, 1.54) is 11.2 Å². The van der Waals surface area contributed by atoms with Crippen molar-refractivity contribution < 1.29 is 18.0 Å². The Bertz CT molecular complexity index is 988. The van der Waals surface area contributed by atoms with Crippen molar-refractivity contribution in [3.63, 3.8) is 0 Å². The van der Waals surface area contributed by atoms with Crippen molar-refractivity contribution in [2.75, 3.05) is 57.3 Å². The number of fused-ring (bicyclic) bond motifs is 1. The molecule has 0 unspecified atom stereocenters. The standard InChI is InChI=1S/C24H36N4O4S/c1-3-10-25-13-15-26(16-14-25)24(30)21-7-4-11-27(18-21)33(31,32)22-8-9-23-20(17-22)6-5-12-28(23)19(2)29/h8-9,17,21H,3-7,10-16,18H2,1-2H3/t21-/m1/s1. The molecule has 4 rings (SSSR count). The fraction of sp³-hybridized carbons (Fsp3) is 0.667. The molecule has 0 aromatic heterocycles. The summed E-state index contributed by atoms with van der Waals surface area (Å²) in [5.41, 5.74) is 1.70. The molecule has 0 spiro atoms. The van der Waals surface area contributed by atoms with Gasteiger partial charge in [0.05, 0.1) is 10.8 Å². The lowest BCUT2D eigenvalue weighted by molar-refractivity contribution is -0.138. The lowest BCUT2D eigenvalue weighted by Crippen LogP contribution is -2.53. The van der Waals surface area contributed by atoms with Crippen molar-refractivity contribution in [3.8, 4) is 0 Å². The average molecular weight is 477 g/mol. The fourth-order valence-electron chi connectivity index (χ4n) is 5.34. The number of piperazine rings is 1. The van der Waals surface area contributed by atoms with E-state index >= 15 is 0 Å². The van der Waals surface area contributed by atoms with Crippen LogP contribution in [-0.2, 0) is 26.0 Å². The Morgan fingerprint density at radius 2 is 1.79 bits per heavy atom. The molecule has 0 N–H and O–H groups in total. The van der Waals surface area contributed by atoms with Crippen LogP contribution in [0.4, 0.5) is 5.69 Å². The van der Waals surface area contributed by atoms with Crippen LogP contribution in [-0.4, -0.2) is 86.7 Å². The average Bonchev–Trinajstić information content (AvgIpc) is 2.83. The van der Waals surface area contributed by atoms with Crippen LogP contribution in [0.1, 0.15) is 45.1 Å². The molecular formula is C24H36N4O4S. The van der Waals surface area contributed by atoms with Gasteiger partial charge in [0.2, 0.25) is 21.8 Å². The third-order valence-corrected chi connectivity index (χ3v) is 9.01. The van der Waals surface area contributed by atoms with Gasteiger partial charge < -0.3 is 9.80 Å². The number of nitrogens with zero attached hydrogens (tertiary/aromatic N) is 4. The number of benzene rings is 1. The van der Waals surface area contributed by atoms with E-state index in [4.69, 9.17) is 0 Å². The zero-order valence-electron chi connectivity index (χ0n) is 19.8. The van der Waals surface area contributed by atoms with E-state index in [0.717, 1.165) is 69.7 Å². The molecule has 33 heavy (non-hydrogen) atoms. The van der Waals surface area contributed by atoms with Crippen molar-refractivity contribution >= 4 is 27.5 Å². The second kappa shape index (κ2) is 10.1. The van der Waals surface area contributed by atoms with Crippen molar-refractivity contribution in [1.82, 2.24) is 14.1 Å². The van der Waals surface area contributed by atoms with Crippen molar-refractivity contribution in [2.24, 2.45) is 5.92 Å². The number of carbonyl (C=O) groups is 2. The number of aryl methyl sites for hydroxylation is 1. The van der Waals surface area contributed by atoms with Crippen LogP contribution in [0.2, 0.25) is 0 Å². The monoisotopic (exact) mass is 476 g/mol. The van der Waals surface area contributed by atoms with Gasteiger partial charge in [0, 0.05) is 58.4 Å². The molecule has 0 aliphatic carbocycles. The summed E-state index contributed by atoms with van der Waals surface area (Å²) < 4.78 is 28.4. The van der Waals surface area contributed by atoms with Crippen molar-refractivity contribution in [3.05, 3.63) is 23.8 Å².